The van der Waals surface area contributed by atoms with E-state index in [9.17, 15) is 4.79 Å². The van der Waals surface area contributed by atoms with Gasteiger partial charge >= 0.3 is 0 Å². The average molecular weight is 281 g/mol. The van der Waals surface area contributed by atoms with Gasteiger partial charge in [0.15, 0.2) is 0 Å². The number of nitrogens with one attached hydrogen (secondary N) is 1. The van der Waals surface area contributed by atoms with Gasteiger partial charge in [0, 0.05) is 5.39 Å². The van der Waals surface area contributed by atoms with Gasteiger partial charge in [-0.2, -0.15) is 0 Å². The Morgan fingerprint density at radius 2 is 2.00 bits per heavy atom. The minimum absolute atomic E-state index is 0.108. The Morgan fingerprint density at radius 1 is 1.24 bits per heavy atom. The molecule has 0 unspecified atom stereocenters. The lowest BCUT2D eigenvalue weighted by atomic mass is 10.0. The van der Waals surface area contributed by atoms with Gasteiger partial charge < -0.3 is 4.98 Å². The number of para-hydroxylation sites is 1. The molecule has 0 aliphatic rings. The number of Topliss-reactive ketones (excluding diaryl/α,β-unsaturated/α-hetero) is 1. The highest BCUT2D eigenvalue weighted by Gasteiger charge is 2.14. The minimum Gasteiger partial charge on any atom is -0.340 e. The highest BCUT2D eigenvalue weighted by Crippen LogP contribution is 2.26. The molecule has 0 saturated carbocycles. The zero-order valence-corrected chi connectivity index (χ0v) is 12.6. The average Bonchev–Trinajstić information content (AvgIpc) is 2.81. The number of pyridine rings is 1. The van der Waals surface area contributed by atoms with E-state index in [1.807, 2.05) is 24.3 Å². The first-order valence-corrected chi connectivity index (χ1v) is 7.30. The number of hydrogen-bond donors (Lipinski definition) is 1. The number of H-pyrrole nitrogens is 1. The lowest BCUT2D eigenvalue weighted by Crippen LogP contribution is -2.00. The summed E-state index contributed by atoms with van der Waals surface area (Å²) < 4.78 is 0. The molecule has 0 spiro atoms. The monoisotopic (exact) mass is 281 g/mol. The van der Waals surface area contributed by atoms with Crippen molar-refractivity contribution in [2.45, 2.75) is 33.6 Å². The summed E-state index contributed by atoms with van der Waals surface area (Å²) in [5.74, 6) is 1.35. The molecule has 1 aromatic carbocycles. The zero-order valence-electron chi connectivity index (χ0n) is 12.6. The van der Waals surface area contributed by atoms with Gasteiger partial charge in [-0.3, -0.25) is 9.78 Å². The Bertz CT molecular complexity index is 817. The van der Waals surface area contributed by atoms with E-state index in [1.54, 1.807) is 6.92 Å². The van der Waals surface area contributed by atoms with Crippen molar-refractivity contribution in [1.29, 1.82) is 0 Å². The van der Waals surface area contributed by atoms with Gasteiger partial charge in [0.05, 0.1) is 28.7 Å². The molecule has 108 valence electrons. The lowest BCUT2D eigenvalue weighted by molar-refractivity contribution is -0.116. The fourth-order valence-corrected chi connectivity index (χ4v) is 2.65. The molecular weight excluding hydrogens is 262 g/mol. The molecule has 0 atom stereocenters. The molecule has 3 aromatic rings. The van der Waals surface area contributed by atoms with E-state index in [-0.39, 0.29) is 5.78 Å². The van der Waals surface area contributed by atoms with Crippen LogP contribution in [0.4, 0.5) is 0 Å². The summed E-state index contributed by atoms with van der Waals surface area (Å²) in [6.45, 7) is 5.93. The SMILES string of the molecule is CC(=O)Cc1nc2c([nH]1)c(CC(C)C)nc1ccccc12. The van der Waals surface area contributed by atoms with Crippen molar-refractivity contribution in [3.05, 3.63) is 35.8 Å². The minimum atomic E-state index is 0.108. The number of aromatic amines is 1. The molecule has 0 aliphatic heterocycles. The molecule has 3 rings (SSSR count). The highest BCUT2D eigenvalue weighted by atomic mass is 16.1. The summed E-state index contributed by atoms with van der Waals surface area (Å²) >= 11 is 0. The summed E-state index contributed by atoms with van der Waals surface area (Å²) in [4.78, 5) is 24.1. The summed E-state index contributed by atoms with van der Waals surface area (Å²) in [5, 5.41) is 1.03. The Labute approximate surface area is 123 Å². The molecule has 0 bridgehead atoms. The van der Waals surface area contributed by atoms with Gasteiger partial charge in [0.1, 0.15) is 11.6 Å². The Kier molecular flexibility index (Phi) is 3.45. The van der Waals surface area contributed by atoms with Crippen LogP contribution < -0.4 is 0 Å². The van der Waals surface area contributed by atoms with E-state index < -0.39 is 0 Å². The van der Waals surface area contributed by atoms with Crippen molar-refractivity contribution >= 4 is 27.7 Å². The number of nitrogens with zero attached hydrogens (tertiary/aromatic N) is 2. The normalized spacial score (nSPS) is 11.6. The zero-order chi connectivity index (χ0) is 15.0. The number of imidazole rings is 1. The van der Waals surface area contributed by atoms with Gasteiger partial charge in [-0.05, 0) is 25.3 Å². The molecule has 0 radical (unpaired) electrons. The van der Waals surface area contributed by atoms with E-state index in [4.69, 9.17) is 4.98 Å². The number of benzene rings is 1. The molecule has 2 aromatic heterocycles. The topological polar surface area (TPSA) is 58.6 Å². The quantitative estimate of drug-likeness (QED) is 0.797. The van der Waals surface area contributed by atoms with Crippen molar-refractivity contribution < 1.29 is 4.79 Å². The second-order valence-corrected chi connectivity index (χ2v) is 5.96. The summed E-state index contributed by atoms with van der Waals surface area (Å²) in [5.41, 5.74) is 3.88. The van der Waals surface area contributed by atoms with E-state index in [2.05, 4.69) is 23.8 Å². The number of rotatable bonds is 4. The summed E-state index contributed by atoms with van der Waals surface area (Å²) in [7, 11) is 0. The van der Waals surface area contributed by atoms with Crippen molar-refractivity contribution in [1.82, 2.24) is 15.0 Å². The predicted molar refractivity (Wildman–Crippen MR) is 84.3 cm³/mol. The van der Waals surface area contributed by atoms with Gasteiger partial charge in [-0.1, -0.05) is 32.0 Å². The second-order valence-electron chi connectivity index (χ2n) is 5.96. The first-order chi connectivity index (χ1) is 10.0. The van der Waals surface area contributed by atoms with Crippen LogP contribution in [0.15, 0.2) is 24.3 Å². The number of carbonyl (C=O) groups is 1. The van der Waals surface area contributed by atoms with Crippen LogP contribution in [0.5, 0.6) is 0 Å². The van der Waals surface area contributed by atoms with Crippen LogP contribution in [-0.4, -0.2) is 20.7 Å². The Balaban J connectivity index is 2.27. The van der Waals surface area contributed by atoms with Crippen LogP contribution in [0.1, 0.15) is 32.3 Å². The van der Waals surface area contributed by atoms with Crippen LogP contribution in [-0.2, 0) is 17.6 Å². The molecule has 4 heteroatoms. The molecule has 2 heterocycles. The van der Waals surface area contributed by atoms with E-state index in [1.165, 1.54) is 0 Å². The first-order valence-electron chi connectivity index (χ1n) is 7.30. The number of fused-ring (bicyclic) bond motifs is 3. The van der Waals surface area contributed by atoms with E-state index >= 15 is 0 Å². The number of hydrogen-bond acceptors (Lipinski definition) is 3. The van der Waals surface area contributed by atoms with Crippen LogP contribution in [0.3, 0.4) is 0 Å². The summed E-state index contributed by atoms with van der Waals surface area (Å²) in [6.07, 6.45) is 1.23. The van der Waals surface area contributed by atoms with E-state index in [0.717, 1.165) is 39.9 Å². The third kappa shape index (κ3) is 2.66. The van der Waals surface area contributed by atoms with Crippen LogP contribution in [0.2, 0.25) is 0 Å². The third-order valence-corrected chi connectivity index (χ3v) is 3.47. The highest BCUT2D eigenvalue weighted by molar-refractivity contribution is 6.03. The van der Waals surface area contributed by atoms with Crippen molar-refractivity contribution in [2.75, 3.05) is 0 Å². The Morgan fingerprint density at radius 3 is 2.71 bits per heavy atom. The molecule has 0 saturated heterocycles. The van der Waals surface area contributed by atoms with Gasteiger partial charge in [-0.25, -0.2) is 4.98 Å². The van der Waals surface area contributed by atoms with Crippen LogP contribution in [0, 0.1) is 5.92 Å². The van der Waals surface area contributed by atoms with Gasteiger partial charge in [0.25, 0.3) is 0 Å². The molecule has 4 nitrogen and oxygen atoms in total. The van der Waals surface area contributed by atoms with Crippen molar-refractivity contribution in [3.8, 4) is 0 Å². The third-order valence-electron chi connectivity index (χ3n) is 3.47. The molecular formula is C17H19N3O. The van der Waals surface area contributed by atoms with Crippen LogP contribution >= 0.6 is 0 Å². The predicted octanol–water partition coefficient (Wildman–Crippen LogP) is 3.44. The standard InChI is InChI=1S/C17H19N3O/c1-10(2)8-14-17-16(19-15(20-17)9-11(3)21)12-6-4-5-7-13(12)18-14/h4-7,10H,8-9H2,1-3H3,(H,19,20). The molecule has 0 fully saturated rings. The van der Waals surface area contributed by atoms with Crippen LogP contribution in [0.25, 0.3) is 21.9 Å². The molecule has 21 heavy (non-hydrogen) atoms. The first kappa shape index (κ1) is 13.7. The molecule has 0 aliphatic carbocycles. The fraction of sp³-hybridized carbons (Fsp3) is 0.353. The lowest BCUT2D eigenvalue weighted by Gasteiger charge is -2.07. The number of aromatic nitrogens is 3. The fourth-order valence-electron chi connectivity index (χ4n) is 2.65. The number of carbonyl (C=O) groups excluding carboxylic acids is 1. The number of ketones is 1. The second kappa shape index (κ2) is 5.28. The Hall–Kier alpha value is -2.23. The maximum absolute atomic E-state index is 11.3. The molecule has 0 amide bonds. The van der Waals surface area contributed by atoms with Gasteiger partial charge in [-0.15, -0.1) is 0 Å². The summed E-state index contributed by atoms with van der Waals surface area (Å²) in [6, 6.07) is 8.02. The molecule has 1 N–H and O–H groups in total. The van der Waals surface area contributed by atoms with Gasteiger partial charge in [0.2, 0.25) is 0 Å². The van der Waals surface area contributed by atoms with E-state index in [0.29, 0.717) is 12.3 Å². The largest absolute Gasteiger partial charge is 0.340 e. The van der Waals surface area contributed by atoms with Crippen molar-refractivity contribution in [2.24, 2.45) is 5.92 Å². The maximum Gasteiger partial charge on any atom is 0.137 e. The van der Waals surface area contributed by atoms with Crippen molar-refractivity contribution in [3.63, 3.8) is 0 Å². The smallest absolute Gasteiger partial charge is 0.137 e. The maximum atomic E-state index is 11.3.